The van der Waals surface area contributed by atoms with E-state index in [1.165, 1.54) is 4.90 Å². The molecule has 1 fully saturated rings. The van der Waals surface area contributed by atoms with Crippen LogP contribution in [-0.4, -0.2) is 36.5 Å². The minimum atomic E-state index is -0.209. The Morgan fingerprint density at radius 2 is 1.71 bits per heavy atom. The highest BCUT2D eigenvalue weighted by atomic mass is 16.5. The summed E-state index contributed by atoms with van der Waals surface area (Å²) in [6.07, 6.45) is 1.86. The molecule has 1 aliphatic heterocycles. The van der Waals surface area contributed by atoms with Gasteiger partial charge < -0.3 is 4.74 Å². The maximum absolute atomic E-state index is 11.1. The number of imide groups is 1. The van der Waals surface area contributed by atoms with Crippen LogP contribution in [0.5, 0.6) is 0 Å². The molecule has 1 rings (SSSR count). The van der Waals surface area contributed by atoms with Crippen molar-refractivity contribution in [3.05, 3.63) is 0 Å². The molecule has 1 heterocycles. The lowest BCUT2D eigenvalue weighted by Gasteiger charge is -2.24. The number of unbranched alkanes of at least 4 members (excludes halogenated alkanes) is 1. The van der Waals surface area contributed by atoms with Gasteiger partial charge in [0.1, 0.15) is 13.2 Å². The first-order chi connectivity index (χ1) is 6.75. The number of amides is 2. The zero-order valence-electron chi connectivity index (χ0n) is 9.21. The topological polar surface area (TPSA) is 46.6 Å². The molecule has 4 nitrogen and oxygen atoms in total. The first-order valence-electron chi connectivity index (χ1n) is 5.16. The molecule has 0 aromatic heterocycles. The Bertz CT molecular complexity index is 176. The SMILES string of the molecule is CC.CCCCN1C(=O)COCC1=O. The lowest BCUT2D eigenvalue weighted by Crippen LogP contribution is -2.46. The van der Waals surface area contributed by atoms with Gasteiger partial charge in [-0.15, -0.1) is 0 Å². The summed E-state index contributed by atoms with van der Waals surface area (Å²) in [7, 11) is 0. The second-order valence-electron chi connectivity index (χ2n) is 2.79. The quantitative estimate of drug-likeness (QED) is 0.644. The fourth-order valence-electron chi connectivity index (χ4n) is 1.09. The van der Waals surface area contributed by atoms with Crippen LogP contribution in [0.25, 0.3) is 0 Å². The van der Waals surface area contributed by atoms with Gasteiger partial charge in [-0.05, 0) is 6.42 Å². The first kappa shape index (κ1) is 13.1. The lowest BCUT2D eigenvalue weighted by atomic mass is 10.3. The standard InChI is InChI=1S/C8H13NO3.C2H6/c1-2-3-4-9-7(10)5-12-6-8(9)11;1-2/h2-6H2,1H3;1-2H3. The highest BCUT2D eigenvalue weighted by Gasteiger charge is 2.25. The van der Waals surface area contributed by atoms with Gasteiger partial charge in [-0.25, -0.2) is 0 Å². The van der Waals surface area contributed by atoms with E-state index in [9.17, 15) is 9.59 Å². The van der Waals surface area contributed by atoms with Crippen LogP contribution in [0.4, 0.5) is 0 Å². The Hall–Kier alpha value is -0.900. The number of morpholine rings is 1. The summed E-state index contributed by atoms with van der Waals surface area (Å²) in [5.74, 6) is -0.417. The van der Waals surface area contributed by atoms with E-state index in [4.69, 9.17) is 4.74 Å². The van der Waals surface area contributed by atoms with Crippen LogP contribution < -0.4 is 0 Å². The van der Waals surface area contributed by atoms with Crippen molar-refractivity contribution in [3.63, 3.8) is 0 Å². The molecule has 0 radical (unpaired) electrons. The molecule has 1 aliphatic rings. The van der Waals surface area contributed by atoms with Gasteiger partial charge in [0.05, 0.1) is 0 Å². The number of ether oxygens (including phenoxy) is 1. The minimum absolute atomic E-state index is 0.0510. The predicted octanol–water partition coefficient (Wildman–Crippen LogP) is 1.20. The van der Waals surface area contributed by atoms with Gasteiger partial charge >= 0.3 is 0 Å². The molecule has 0 saturated carbocycles. The van der Waals surface area contributed by atoms with E-state index in [0.717, 1.165) is 12.8 Å². The van der Waals surface area contributed by atoms with Gasteiger partial charge in [-0.3, -0.25) is 14.5 Å². The fraction of sp³-hybridized carbons (Fsp3) is 0.800. The van der Waals surface area contributed by atoms with E-state index in [1.54, 1.807) is 0 Å². The molecule has 0 bridgehead atoms. The van der Waals surface area contributed by atoms with Crippen LogP contribution in [-0.2, 0) is 14.3 Å². The normalized spacial score (nSPS) is 16.4. The molecule has 2 amide bonds. The monoisotopic (exact) mass is 201 g/mol. The second-order valence-corrected chi connectivity index (χ2v) is 2.79. The summed E-state index contributed by atoms with van der Waals surface area (Å²) < 4.78 is 4.76. The van der Waals surface area contributed by atoms with E-state index in [0.29, 0.717) is 6.54 Å². The average Bonchev–Trinajstić information content (AvgIpc) is 2.20. The first-order valence-corrected chi connectivity index (χ1v) is 5.16. The molecular weight excluding hydrogens is 182 g/mol. The lowest BCUT2D eigenvalue weighted by molar-refractivity contribution is -0.158. The molecule has 14 heavy (non-hydrogen) atoms. The van der Waals surface area contributed by atoms with Gasteiger partial charge in [0.25, 0.3) is 11.8 Å². The van der Waals surface area contributed by atoms with E-state index in [1.807, 2.05) is 20.8 Å². The third kappa shape index (κ3) is 3.87. The summed E-state index contributed by atoms with van der Waals surface area (Å²) in [4.78, 5) is 23.5. The van der Waals surface area contributed by atoms with Crippen LogP contribution >= 0.6 is 0 Å². The van der Waals surface area contributed by atoms with Gasteiger partial charge in [0, 0.05) is 6.54 Å². The maximum atomic E-state index is 11.1. The van der Waals surface area contributed by atoms with E-state index in [-0.39, 0.29) is 25.0 Å². The van der Waals surface area contributed by atoms with E-state index in [2.05, 4.69) is 0 Å². The zero-order chi connectivity index (χ0) is 11.0. The summed E-state index contributed by atoms with van der Waals surface area (Å²) in [6.45, 7) is 6.66. The maximum Gasteiger partial charge on any atom is 0.255 e. The Balaban J connectivity index is 0.000000791. The third-order valence-corrected chi connectivity index (χ3v) is 1.79. The zero-order valence-corrected chi connectivity index (χ0v) is 9.21. The van der Waals surface area contributed by atoms with Crippen LogP contribution in [0, 0.1) is 0 Å². The van der Waals surface area contributed by atoms with Crippen molar-refractivity contribution in [3.8, 4) is 0 Å². The van der Waals surface area contributed by atoms with Crippen molar-refractivity contribution in [2.75, 3.05) is 19.8 Å². The summed E-state index contributed by atoms with van der Waals surface area (Å²) in [6, 6.07) is 0. The van der Waals surface area contributed by atoms with Crippen LogP contribution in [0.15, 0.2) is 0 Å². The minimum Gasteiger partial charge on any atom is -0.362 e. The van der Waals surface area contributed by atoms with Crippen molar-refractivity contribution in [2.24, 2.45) is 0 Å². The molecule has 0 aromatic rings. The molecular formula is C10H19NO3. The number of hydrogen-bond acceptors (Lipinski definition) is 3. The molecule has 0 N–H and O–H groups in total. The van der Waals surface area contributed by atoms with Crippen molar-refractivity contribution in [2.45, 2.75) is 33.6 Å². The highest BCUT2D eigenvalue weighted by molar-refractivity contribution is 5.98. The summed E-state index contributed by atoms with van der Waals surface area (Å²) >= 11 is 0. The van der Waals surface area contributed by atoms with E-state index < -0.39 is 0 Å². The van der Waals surface area contributed by atoms with Crippen LogP contribution in [0.3, 0.4) is 0 Å². The van der Waals surface area contributed by atoms with Crippen molar-refractivity contribution >= 4 is 11.8 Å². The number of carbonyl (C=O) groups is 2. The Kier molecular flexibility index (Phi) is 7.02. The van der Waals surface area contributed by atoms with Crippen LogP contribution in [0.2, 0.25) is 0 Å². The predicted molar refractivity (Wildman–Crippen MR) is 53.8 cm³/mol. The van der Waals surface area contributed by atoms with Gasteiger partial charge in [-0.1, -0.05) is 27.2 Å². The smallest absolute Gasteiger partial charge is 0.255 e. The average molecular weight is 201 g/mol. The van der Waals surface area contributed by atoms with Crippen molar-refractivity contribution in [1.82, 2.24) is 4.90 Å². The molecule has 0 unspecified atom stereocenters. The molecule has 4 heteroatoms. The van der Waals surface area contributed by atoms with Gasteiger partial charge in [0.15, 0.2) is 0 Å². The van der Waals surface area contributed by atoms with Crippen LogP contribution in [0.1, 0.15) is 33.6 Å². The van der Waals surface area contributed by atoms with Gasteiger partial charge in [-0.2, -0.15) is 0 Å². The number of rotatable bonds is 3. The van der Waals surface area contributed by atoms with Crippen molar-refractivity contribution < 1.29 is 14.3 Å². The largest absolute Gasteiger partial charge is 0.362 e. The third-order valence-electron chi connectivity index (χ3n) is 1.79. The Morgan fingerprint density at radius 1 is 1.21 bits per heavy atom. The number of nitrogens with zero attached hydrogens (tertiary/aromatic N) is 1. The van der Waals surface area contributed by atoms with E-state index >= 15 is 0 Å². The molecule has 0 aliphatic carbocycles. The Morgan fingerprint density at radius 3 is 2.14 bits per heavy atom. The summed E-state index contributed by atoms with van der Waals surface area (Å²) in [5.41, 5.74) is 0. The highest BCUT2D eigenvalue weighted by Crippen LogP contribution is 2.02. The fourth-order valence-corrected chi connectivity index (χ4v) is 1.09. The van der Waals surface area contributed by atoms with Gasteiger partial charge in [0.2, 0.25) is 0 Å². The number of hydrogen-bond donors (Lipinski definition) is 0. The Labute approximate surface area is 85.2 Å². The molecule has 1 saturated heterocycles. The molecule has 0 atom stereocenters. The molecule has 0 spiro atoms. The second kappa shape index (κ2) is 7.50. The summed E-state index contributed by atoms with van der Waals surface area (Å²) in [5, 5.41) is 0. The number of carbonyl (C=O) groups excluding carboxylic acids is 2. The molecule has 0 aromatic carbocycles. The van der Waals surface area contributed by atoms with Crippen molar-refractivity contribution in [1.29, 1.82) is 0 Å². The molecule has 82 valence electrons.